The van der Waals surface area contributed by atoms with Gasteiger partial charge in [0.25, 0.3) is 5.91 Å². The highest BCUT2D eigenvalue weighted by Gasteiger charge is 2.32. The van der Waals surface area contributed by atoms with E-state index in [1.54, 1.807) is 17.0 Å². The Morgan fingerprint density at radius 3 is 2.29 bits per heavy atom. The second-order valence-electron chi connectivity index (χ2n) is 6.70. The number of para-hydroxylation sites is 1. The number of benzene rings is 2. The molecule has 0 N–H and O–H groups in total. The average molecular weight is 419 g/mol. The number of nitrogens with zero attached hydrogens (tertiary/aromatic N) is 2. The van der Waals surface area contributed by atoms with Crippen LogP contribution in [0.3, 0.4) is 0 Å². The first-order valence-electron chi connectivity index (χ1n) is 8.91. The quantitative estimate of drug-likeness (QED) is 0.652. The molecule has 0 saturated carbocycles. The Morgan fingerprint density at radius 1 is 1.00 bits per heavy atom. The Hall–Kier alpha value is -2.35. The van der Waals surface area contributed by atoms with E-state index in [-0.39, 0.29) is 23.9 Å². The molecule has 1 amide bonds. The Morgan fingerprint density at radius 2 is 1.64 bits per heavy atom. The van der Waals surface area contributed by atoms with Crippen LogP contribution in [-0.4, -0.2) is 49.7 Å². The second kappa shape index (κ2) is 7.24. The van der Waals surface area contributed by atoms with Gasteiger partial charge in [0.05, 0.1) is 4.90 Å². The first-order chi connectivity index (χ1) is 13.4. The van der Waals surface area contributed by atoms with Crippen molar-refractivity contribution in [1.82, 2.24) is 9.21 Å². The Labute approximate surface area is 168 Å². The lowest BCUT2D eigenvalue weighted by Gasteiger charge is -2.33. The summed E-state index contributed by atoms with van der Waals surface area (Å²) in [5.74, 6) is 0.104. The molecule has 146 valence electrons. The minimum Gasteiger partial charge on any atom is -0.451 e. The summed E-state index contributed by atoms with van der Waals surface area (Å²) < 4.78 is 32.7. The molecule has 4 rings (SSSR count). The molecule has 0 bridgehead atoms. The number of hydrogen-bond acceptors (Lipinski definition) is 4. The number of aryl methyl sites for hydroxylation is 1. The molecule has 1 saturated heterocycles. The van der Waals surface area contributed by atoms with Gasteiger partial charge in [0.1, 0.15) is 5.58 Å². The van der Waals surface area contributed by atoms with Crippen molar-refractivity contribution in [2.45, 2.75) is 11.8 Å². The third-order valence-electron chi connectivity index (χ3n) is 5.02. The van der Waals surface area contributed by atoms with Crippen LogP contribution in [-0.2, 0) is 10.0 Å². The van der Waals surface area contributed by atoms with E-state index in [0.717, 1.165) is 10.9 Å². The second-order valence-corrected chi connectivity index (χ2v) is 9.08. The van der Waals surface area contributed by atoms with Gasteiger partial charge in [-0.2, -0.15) is 4.31 Å². The molecule has 3 aromatic rings. The Balaban J connectivity index is 1.49. The maximum atomic E-state index is 12.9. The van der Waals surface area contributed by atoms with Crippen molar-refractivity contribution in [2.24, 2.45) is 0 Å². The van der Waals surface area contributed by atoms with Crippen LogP contribution < -0.4 is 0 Å². The van der Waals surface area contributed by atoms with Crippen LogP contribution >= 0.6 is 11.6 Å². The minimum atomic E-state index is -3.61. The molecule has 1 aliphatic heterocycles. The molecular formula is C20H19ClN2O4S. The molecule has 2 aromatic carbocycles. The molecule has 0 atom stereocenters. The summed E-state index contributed by atoms with van der Waals surface area (Å²) >= 11 is 5.84. The summed E-state index contributed by atoms with van der Waals surface area (Å²) in [5.41, 5.74) is 1.48. The van der Waals surface area contributed by atoms with Gasteiger partial charge in [-0.3, -0.25) is 4.79 Å². The van der Waals surface area contributed by atoms with Gasteiger partial charge in [-0.1, -0.05) is 29.8 Å². The molecule has 28 heavy (non-hydrogen) atoms. The number of fused-ring (bicyclic) bond motifs is 1. The maximum absolute atomic E-state index is 12.9. The lowest BCUT2D eigenvalue weighted by atomic mass is 10.1. The zero-order chi connectivity index (χ0) is 19.9. The fourth-order valence-electron chi connectivity index (χ4n) is 3.41. The zero-order valence-electron chi connectivity index (χ0n) is 15.3. The topological polar surface area (TPSA) is 70.8 Å². The standard InChI is InChI=1S/C20H19ClN2O4S/c1-14-17-4-2-3-5-18(17)27-19(14)20(24)22-10-12-23(13-11-22)28(25,26)16-8-6-15(21)7-9-16/h2-9H,10-13H2,1H3. The molecule has 8 heteroatoms. The van der Waals surface area contributed by atoms with Gasteiger partial charge < -0.3 is 9.32 Å². The van der Waals surface area contributed by atoms with Gasteiger partial charge in [-0.25, -0.2) is 8.42 Å². The highest BCUT2D eigenvalue weighted by atomic mass is 35.5. The number of amides is 1. The van der Waals surface area contributed by atoms with Crippen molar-refractivity contribution in [2.75, 3.05) is 26.2 Å². The van der Waals surface area contributed by atoms with E-state index in [9.17, 15) is 13.2 Å². The van der Waals surface area contributed by atoms with Crippen LogP contribution in [0.1, 0.15) is 16.1 Å². The van der Waals surface area contributed by atoms with Gasteiger partial charge in [0.15, 0.2) is 5.76 Å². The number of sulfonamides is 1. The number of rotatable bonds is 3. The van der Waals surface area contributed by atoms with E-state index < -0.39 is 10.0 Å². The molecule has 1 aromatic heterocycles. The van der Waals surface area contributed by atoms with E-state index in [1.807, 2.05) is 31.2 Å². The third-order valence-corrected chi connectivity index (χ3v) is 7.18. The summed E-state index contributed by atoms with van der Waals surface area (Å²) in [6.45, 7) is 2.94. The van der Waals surface area contributed by atoms with E-state index in [1.165, 1.54) is 16.4 Å². The predicted molar refractivity (Wildman–Crippen MR) is 107 cm³/mol. The SMILES string of the molecule is Cc1c(C(=O)N2CCN(S(=O)(=O)c3ccc(Cl)cc3)CC2)oc2ccccc12. The lowest BCUT2D eigenvalue weighted by molar-refractivity contribution is 0.0667. The number of halogens is 1. The predicted octanol–water partition coefficient (Wildman–Crippen LogP) is 3.54. The van der Waals surface area contributed by atoms with Crippen LogP contribution in [0.4, 0.5) is 0 Å². The van der Waals surface area contributed by atoms with Gasteiger partial charge in [0, 0.05) is 42.2 Å². The van der Waals surface area contributed by atoms with Crippen molar-refractivity contribution < 1.29 is 17.6 Å². The molecule has 0 unspecified atom stereocenters. The van der Waals surface area contributed by atoms with Crippen molar-refractivity contribution in [3.05, 3.63) is 64.9 Å². The van der Waals surface area contributed by atoms with Crippen molar-refractivity contribution in [3.63, 3.8) is 0 Å². The molecule has 6 nitrogen and oxygen atoms in total. The Kier molecular flexibility index (Phi) is 4.91. The maximum Gasteiger partial charge on any atom is 0.289 e. The first kappa shape index (κ1) is 19.0. The third kappa shape index (κ3) is 3.30. The van der Waals surface area contributed by atoms with Crippen LogP contribution in [0.5, 0.6) is 0 Å². The van der Waals surface area contributed by atoms with Crippen molar-refractivity contribution in [1.29, 1.82) is 0 Å². The number of carbonyl (C=O) groups is 1. The highest BCUT2D eigenvalue weighted by Crippen LogP contribution is 2.27. The number of furan rings is 1. The molecule has 2 heterocycles. The van der Waals surface area contributed by atoms with Crippen LogP contribution in [0.2, 0.25) is 5.02 Å². The molecule has 0 spiro atoms. The number of carbonyl (C=O) groups excluding carboxylic acids is 1. The molecule has 1 fully saturated rings. The molecular weight excluding hydrogens is 400 g/mol. The van der Waals surface area contributed by atoms with Crippen LogP contribution in [0, 0.1) is 6.92 Å². The van der Waals surface area contributed by atoms with Gasteiger partial charge >= 0.3 is 0 Å². The van der Waals surface area contributed by atoms with E-state index >= 15 is 0 Å². The molecule has 0 aliphatic carbocycles. The Bertz CT molecular complexity index is 1130. The summed E-state index contributed by atoms with van der Waals surface area (Å²) in [4.78, 5) is 14.7. The normalized spacial score (nSPS) is 15.9. The van der Waals surface area contributed by atoms with Crippen LogP contribution in [0.15, 0.2) is 57.8 Å². The highest BCUT2D eigenvalue weighted by molar-refractivity contribution is 7.89. The van der Waals surface area contributed by atoms with E-state index in [0.29, 0.717) is 29.5 Å². The summed E-state index contributed by atoms with van der Waals surface area (Å²) in [5, 5.41) is 1.39. The first-order valence-corrected chi connectivity index (χ1v) is 10.7. The fraction of sp³-hybridized carbons (Fsp3) is 0.250. The van der Waals surface area contributed by atoms with Gasteiger partial charge in [-0.15, -0.1) is 0 Å². The number of hydrogen-bond donors (Lipinski definition) is 0. The molecule has 0 radical (unpaired) electrons. The van der Waals surface area contributed by atoms with Crippen LogP contribution in [0.25, 0.3) is 11.0 Å². The monoisotopic (exact) mass is 418 g/mol. The van der Waals surface area contributed by atoms with E-state index in [4.69, 9.17) is 16.0 Å². The van der Waals surface area contributed by atoms with E-state index in [2.05, 4.69) is 0 Å². The van der Waals surface area contributed by atoms with Crippen molar-refractivity contribution in [3.8, 4) is 0 Å². The zero-order valence-corrected chi connectivity index (χ0v) is 16.8. The summed E-state index contributed by atoms with van der Waals surface area (Å²) in [6.07, 6.45) is 0. The average Bonchev–Trinajstić information content (AvgIpc) is 3.05. The smallest absolute Gasteiger partial charge is 0.289 e. The summed E-state index contributed by atoms with van der Waals surface area (Å²) in [6, 6.07) is 13.6. The largest absolute Gasteiger partial charge is 0.451 e. The van der Waals surface area contributed by atoms with Crippen molar-refractivity contribution >= 4 is 38.5 Å². The molecule has 1 aliphatic rings. The lowest BCUT2D eigenvalue weighted by Crippen LogP contribution is -2.50. The fourth-order valence-corrected chi connectivity index (χ4v) is 4.96. The van der Waals surface area contributed by atoms with Gasteiger partial charge in [0.2, 0.25) is 10.0 Å². The minimum absolute atomic E-state index is 0.199. The summed E-state index contributed by atoms with van der Waals surface area (Å²) in [7, 11) is -3.61. The van der Waals surface area contributed by atoms with Gasteiger partial charge in [-0.05, 0) is 37.3 Å². The number of piperazine rings is 1.